The largest absolute Gasteiger partial charge is 0.496 e. The minimum absolute atomic E-state index is 0.165. The number of rotatable bonds is 5. The zero-order chi connectivity index (χ0) is 18.7. The maximum absolute atomic E-state index is 13.0. The van der Waals surface area contributed by atoms with Crippen LogP contribution in [-0.4, -0.2) is 40.1 Å². The van der Waals surface area contributed by atoms with Gasteiger partial charge >= 0.3 is 0 Å². The second-order valence-corrected chi connectivity index (χ2v) is 8.84. The second-order valence-electron chi connectivity index (χ2n) is 5.88. The van der Waals surface area contributed by atoms with Crippen molar-refractivity contribution in [2.75, 3.05) is 27.4 Å². The van der Waals surface area contributed by atoms with Gasteiger partial charge in [-0.15, -0.1) is 0 Å². The van der Waals surface area contributed by atoms with E-state index in [1.54, 1.807) is 26.3 Å². The summed E-state index contributed by atoms with van der Waals surface area (Å²) in [6.45, 7) is 1.24. The van der Waals surface area contributed by atoms with Gasteiger partial charge in [-0.25, -0.2) is 8.42 Å². The van der Waals surface area contributed by atoms with Crippen LogP contribution >= 0.6 is 15.9 Å². The lowest BCUT2D eigenvalue weighted by molar-refractivity contribution is 0.297. The number of halogens is 1. The van der Waals surface area contributed by atoms with E-state index < -0.39 is 10.0 Å². The molecular weight excluding hydrogens is 422 g/mol. The van der Waals surface area contributed by atoms with Crippen molar-refractivity contribution >= 4 is 26.0 Å². The molecule has 0 spiro atoms. The molecule has 0 aliphatic carbocycles. The Morgan fingerprint density at radius 3 is 2.58 bits per heavy atom. The summed E-state index contributed by atoms with van der Waals surface area (Å²) in [5.74, 6) is 1.66. The van der Waals surface area contributed by atoms with Gasteiger partial charge in [-0.1, -0.05) is 15.9 Å². The van der Waals surface area contributed by atoms with E-state index in [2.05, 4.69) is 15.9 Å². The van der Waals surface area contributed by atoms with Crippen LogP contribution in [0.2, 0.25) is 0 Å². The number of methoxy groups -OCH3 is 1. The van der Waals surface area contributed by atoms with Crippen LogP contribution in [-0.2, 0) is 16.6 Å². The number of ether oxygens (including phenoxy) is 3. The van der Waals surface area contributed by atoms with Gasteiger partial charge < -0.3 is 14.2 Å². The Morgan fingerprint density at radius 2 is 1.85 bits per heavy atom. The molecule has 1 aliphatic rings. The molecule has 0 aromatic heterocycles. The second kappa shape index (κ2) is 7.85. The van der Waals surface area contributed by atoms with Crippen LogP contribution in [0.3, 0.4) is 0 Å². The Morgan fingerprint density at radius 1 is 1.12 bits per heavy atom. The fourth-order valence-electron chi connectivity index (χ4n) is 2.68. The van der Waals surface area contributed by atoms with E-state index in [1.807, 2.05) is 12.1 Å². The van der Waals surface area contributed by atoms with E-state index in [0.29, 0.717) is 30.5 Å². The molecule has 1 heterocycles. The minimum Gasteiger partial charge on any atom is -0.496 e. The minimum atomic E-state index is -3.69. The summed E-state index contributed by atoms with van der Waals surface area (Å²) >= 11 is 3.41. The lowest BCUT2D eigenvalue weighted by Gasteiger charge is -2.19. The molecule has 1 aliphatic heterocycles. The van der Waals surface area contributed by atoms with Crippen molar-refractivity contribution in [2.45, 2.75) is 17.9 Å². The van der Waals surface area contributed by atoms with Crippen LogP contribution in [0, 0.1) is 0 Å². The molecule has 26 heavy (non-hydrogen) atoms. The third-order valence-electron chi connectivity index (χ3n) is 4.06. The summed E-state index contributed by atoms with van der Waals surface area (Å²) in [6, 6.07) is 10.2. The number of sulfonamides is 1. The molecule has 0 saturated carbocycles. The van der Waals surface area contributed by atoms with Gasteiger partial charge in [0.2, 0.25) is 10.0 Å². The van der Waals surface area contributed by atoms with Crippen LogP contribution in [0.25, 0.3) is 0 Å². The monoisotopic (exact) mass is 441 g/mol. The molecule has 0 amide bonds. The molecule has 8 heteroatoms. The lowest BCUT2D eigenvalue weighted by Crippen LogP contribution is -2.26. The van der Waals surface area contributed by atoms with E-state index in [0.717, 1.165) is 16.5 Å². The Kier molecular flexibility index (Phi) is 5.74. The van der Waals surface area contributed by atoms with Crippen molar-refractivity contribution in [3.8, 4) is 17.2 Å². The fourth-order valence-corrected chi connectivity index (χ4v) is 4.25. The van der Waals surface area contributed by atoms with Crippen LogP contribution in [0.4, 0.5) is 0 Å². The molecule has 0 bridgehead atoms. The number of hydrogen-bond acceptors (Lipinski definition) is 5. The van der Waals surface area contributed by atoms with Crippen LogP contribution in [0.5, 0.6) is 17.2 Å². The first-order chi connectivity index (χ1) is 12.4. The smallest absolute Gasteiger partial charge is 0.243 e. The molecule has 3 rings (SSSR count). The van der Waals surface area contributed by atoms with Crippen molar-refractivity contribution in [1.82, 2.24) is 4.31 Å². The number of benzene rings is 2. The topological polar surface area (TPSA) is 65.1 Å². The first-order valence-corrected chi connectivity index (χ1v) is 10.3. The Hall–Kier alpha value is -1.77. The van der Waals surface area contributed by atoms with Gasteiger partial charge in [0.15, 0.2) is 11.5 Å². The van der Waals surface area contributed by atoms with E-state index in [4.69, 9.17) is 14.2 Å². The van der Waals surface area contributed by atoms with Crippen molar-refractivity contribution in [3.05, 3.63) is 46.4 Å². The van der Waals surface area contributed by atoms with E-state index >= 15 is 0 Å². The molecule has 0 radical (unpaired) electrons. The molecule has 0 fully saturated rings. The average molecular weight is 442 g/mol. The van der Waals surface area contributed by atoms with Crippen molar-refractivity contribution in [3.63, 3.8) is 0 Å². The quantitative estimate of drug-likeness (QED) is 0.710. The summed E-state index contributed by atoms with van der Waals surface area (Å²) in [4.78, 5) is 0.165. The van der Waals surface area contributed by atoms with Gasteiger partial charge in [0.1, 0.15) is 5.75 Å². The van der Waals surface area contributed by atoms with Crippen molar-refractivity contribution in [2.24, 2.45) is 0 Å². The molecular formula is C18H20BrNO5S. The summed E-state index contributed by atoms with van der Waals surface area (Å²) in [7, 11) is -0.593. The van der Waals surface area contributed by atoms with Crippen LogP contribution in [0.15, 0.2) is 45.8 Å². The SMILES string of the molecule is COc1ccc(Br)cc1CN(C)S(=O)(=O)c1ccc2c(c1)OCCCO2. The van der Waals surface area contributed by atoms with Crippen molar-refractivity contribution < 1.29 is 22.6 Å². The Balaban J connectivity index is 1.88. The standard InChI is InChI=1S/C18H20BrNO5S/c1-20(12-13-10-14(19)4-6-16(13)23-2)26(21,22)15-5-7-17-18(11-15)25-9-3-8-24-17/h4-7,10-11H,3,8-9,12H2,1-2H3. The molecule has 2 aromatic rings. The number of fused-ring (bicyclic) bond motifs is 1. The van der Waals surface area contributed by atoms with Gasteiger partial charge in [-0.05, 0) is 30.3 Å². The molecule has 6 nitrogen and oxygen atoms in total. The van der Waals surface area contributed by atoms with E-state index in [1.165, 1.54) is 16.4 Å². The maximum Gasteiger partial charge on any atom is 0.243 e. The Labute approximate surface area is 161 Å². The zero-order valence-corrected chi connectivity index (χ0v) is 17.0. The first kappa shape index (κ1) is 19.0. The van der Waals surface area contributed by atoms with E-state index in [9.17, 15) is 8.42 Å². The van der Waals surface area contributed by atoms with Gasteiger partial charge in [-0.2, -0.15) is 4.31 Å². The summed E-state index contributed by atoms with van der Waals surface area (Å²) in [5.41, 5.74) is 0.766. The number of nitrogens with zero attached hydrogens (tertiary/aromatic N) is 1. The Bertz CT molecular complexity index is 900. The zero-order valence-electron chi connectivity index (χ0n) is 14.6. The third kappa shape index (κ3) is 3.97. The molecule has 0 atom stereocenters. The predicted molar refractivity (Wildman–Crippen MR) is 101 cm³/mol. The van der Waals surface area contributed by atoms with Gasteiger partial charge in [-0.3, -0.25) is 0 Å². The maximum atomic E-state index is 13.0. The summed E-state index contributed by atoms with van der Waals surface area (Å²) in [6.07, 6.45) is 0.763. The third-order valence-corrected chi connectivity index (χ3v) is 6.36. The molecule has 2 aromatic carbocycles. The lowest BCUT2D eigenvalue weighted by atomic mass is 10.2. The normalized spacial score (nSPS) is 14.2. The molecule has 0 N–H and O–H groups in total. The van der Waals surface area contributed by atoms with Gasteiger partial charge in [0.25, 0.3) is 0 Å². The van der Waals surface area contributed by atoms with Crippen LogP contribution < -0.4 is 14.2 Å². The predicted octanol–water partition coefficient (Wildman–Crippen LogP) is 3.44. The van der Waals surface area contributed by atoms with Crippen LogP contribution in [0.1, 0.15) is 12.0 Å². The highest BCUT2D eigenvalue weighted by Crippen LogP contribution is 2.33. The summed E-state index contributed by atoms with van der Waals surface area (Å²) in [5, 5.41) is 0. The fraction of sp³-hybridized carbons (Fsp3) is 0.333. The van der Waals surface area contributed by atoms with Crippen molar-refractivity contribution in [1.29, 1.82) is 0 Å². The van der Waals surface area contributed by atoms with Gasteiger partial charge in [0.05, 0.1) is 25.2 Å². The highest BCUT2D eigenvalue weighted by Gasteiger charge is 2.24. The molecule has 0 saturated heterocycles. The summed E-state index contributed by atoms with van der Waals surface area (Å²) < 4.78 is 44.6. The first-order valence-electron chi connectivity index (χ1n) is 8.10. The van der Waals surface area contributed by atoms with E-state index in [-0.39, 0.29) is 11.4 Å². The molecule has 140 valence electrons. The molecule has 0 unspecified atom stereocenters. The van der Waals surface area contributed by atoms with Gasteiger partial charge in [0, 0.05) is 36.1 Å². The highest BCUT2D eigenvalue weighted by molar-refractivity contribution is 9.10. The highest BCUT2D eigenvalue weighted by atomic mass is 79.9. The average Bonchev–Trinajstić information content (AvgIpc) is 2.86. The number of hydrogen-bond donors (Lipinski definition) is 0.